The highest BCUT2D eigenvalue weighted by Crippen LogP contribution is 2.32. The van der Waals surface area contributed by atoms with E-state index in [2.05, 4.69) is 15.9 Å². The highest BCUT2D eigenvalue weighted by Gasteiger charge is 2.33. The minimum atomic E-state index is -0.208. The highest BCUT2D eigenvalue weighted by molar-refractivity contribution is 9.10. The second-order valence-electron chi connectivity index (χ2n) is 6.75. The van der Waals surface area contributed by atoms with Gasteiger partial charge in [-0.25, -0.2) is 4.99 Å². The van der Waals surface area contributed by atoms with Crippen molar-refractivity contribution in [3.8, 4) is 11.5 Å². The Hall–Kier alpha value is -3.38. The molecule has 0 fully saturated rings. The summed E-state index contributed by atoms with van der Waals surface area (Å²) in [5.41, 5.74) is 2.67. The van der Waals surface area contributed by atoms with Gasteiger partial charge in [-0.1, -0.05) is 52.3 Å². The SMILES string of the molecule is CCOc1ccc(N2C(=O)/C(=C\c3ccccc3OC)N=C2c2ccccc2Br)cc1. The smallest absolute Gasteiger partial charge is 0.282 e. The zero-order valence-electron chi connectivity index (χ0n) is 17.2. The lowest BCUT2D eigenvalue weighted by molar-refractivity contribution is -0.113. The van der Waals surface area contributed by atoms with Gasteiger partial charge in [-0.2, -0.15) is 0 Å². The van der Waals surface area contributed by atoms with Crippen LogP contribution in [0.5, 0.6) is 11.5 Å². The molecule has 0 aromatic heterocycles. The zero-order chi connectivity index (χ0) is 21.8. The molecule has 1 aliphatic rings. The molecule has 0 aliphatic carbocycles. The Morgan fingerprint density at radius 3 is 2.42 bits per heavy atom. The Morgan fingerprint density at radius 2 is 1.71 bits per heavy atom. The third-order valence-electron chi connectivity index (χ3n) is 4.81. The second-order valence-corrected chi connectivity index (χ2v) is 7.61. The van der Waals surface area contributed by atoms with E-state index in [1.54, 1.807) is 18.1 Å². The average Bonchev–Trinajstić information content (AvgIpc) is 3.11. The van der Waals surface area contributed by atoms with Crippen molar-refractivity contribution in [3.63, 3.8) is 0 Å². The third-order valence-corrected chi connectivity index (χ3v) is 5.50. The number of amides is 1. The maximum Gasteiger partial charge on any atom is 0.282 e. The molecule has 0 N–H and O–H groups in total. The van der Waals surface area contributed by atoms with E-state index < -0.39 is 0 Å². The summed E-state index contributed by atoms with van der Waals surface area (Å²) in [6, 6.07) is 22.7. The number of carbonyl (C=O) groups excluding carboxylic acids is 1. The molecule has 6 heteroatoms. The van der Waals surface area contributed by atoms with E-state index in [0.29, 0.717) is 29.6 Å². The summed E-state index contributed by atoms with van der Waals surface area (Å²) in [4.78, 5) is 19.8. The lowest BCUT2D eigenvalue weighted by Crippen LogP contribution is -2.32. The lowest BCUT2D eigenvalue weighted by atomic mass is 10.1. The Morgan fingerprint density at radius 1 is 1.00 bits per heavy atom. The second kappa shape index (κ2) is 9.18. The summed E-state index contributed by atoms with van der Waals surface area (Å²) in [5, 5.41) is 0. The summed E-state index contributed by atoms with van der Waals surface area (Å²) >= 11 is 3.59. The Balaban J connectivity index is 1.82. The van der Waals surface area contributed by atoms with Crippen LogP contribution >= 0.6 is 15.9 Å². The van der Waals surface area contributed by atoms with Gasteiger partial charge in [0.15, 0.2) is 0 Å². The van der Waals surface area contributed by atoms with Gasteiger partial charge in [-0.05, 0) is 49.4 Å². The maximum absolute atomic E-state index is 13.5. The summed E-state index contributed by atoms with van der Waals surface area (Å²) in [7, 11) is 1.61. The van der Waals surface area contributed by atoms with Gasteiger partial charge in [-0.3, -0.25) is 9.69 Å². The summed E-state index contributed by atoms with van der Waals surface area (Å²) in [6.07, 6.45) is 1.76. The van der Waals surface area contributed by atoms with Crippen LogP contribution in [-0.4, -0.2) is 25.5 Å². The first kappa shape index (κ1) is 20.9. The number of ether oxygens (including phenoxy) is 2. The van der Waals surface area contributed by atoms with Gasteiger partial charge in [-0.15, -0.1) is 0 Å². The van der Waals surface area contributed by atoms with Crippen molar-refractivity contribution in [2.24, 2.45) is 4.99 Å². The van der Waals surface area contributed by atoms with Crippen molar-refractivity contribution in [1.29, 1.82) is 0 Å². The number of para-hydroxylation sites is 1. The Labute approximate surface area is 189 Å². The van der Waals surface area contributed by atoms with Crippen LogP contribution in [-0.2, 0) is 4.79 Å². The molecule has 1 heterocycles. The summed E-state index contributed by atoms with van der Waals surface area (Å²) in [5.74, 6) is 1.78. The Kier molecular flexibility index (Phi) is 6.18. The molecule has 0 radical (unpaired) electrons. The number of methoxy groups -OCH3 is 1. The predicted molar refractivity (Wildman–Crippen MR) is 127 cm³/mol. The molecular weight excluding hydrogens is 456 g/mol. The minimum absolute atomic E-state index is 0.208. The first-order valence-corrected chi connectivity index (χ1v) is 10.7. The van der Waals surface area contributed by atoms with Crippen LogP contribution < -0.4 is 14.4 Å². The highest BCUT2D eigenvalue weighted by atomic mass is 79.9. The number of aliphatic imine (C=N–C) groups is 1. The van der Waals surface area contributed by atoms with Gasteiger partial charge in [0.1, 0.15) is 23.0 Å². The fraction of sp³-hybridized carbons (Fsp3) is 0.120. The van der Waals surface area contributed by atoms with Crippen molar-refractivity contribution >= 4 is 39.4 Å². The fourth-order valence-corrected chi connectivity index (χ4v) is 3.83. The predicted octanol–water partition coefficient (Wildman–Crippen LogP) is 5.69. The van der Waals surface area contributed by atoms with Crippen LogP contribution in [0.3, 0.4) is 0 Å². The monoisotopic (exact) mass is 476 g/mol. The Bertz CT molecular complexity index is 1170. The van der Waals surface area contributed by atoms with Crippen molar-refractivity contribution < 1.29 is 14.3 Å². The topological polar surface area (TPSA) is 51.1 Å². The van der Waals surface area contributed by atoms with E-state index in [-0.39, 0.29) is 5.91 Å². The number of hydrogen-bond donors (Lipinski definition) is 0. The molecule has 0 bridgehead atoms. The molecule has 1 amide bonds. The number of halogens is 1. The normalized spacial score (nSPS) is 14.7. The van der Waals surface area contributed by atoms with Crippen molar-refractivity contribution in [2.75, 3.05) is 18.6 Å². The van der Waals surface area contributed by atoms with Crippen LogP contribution in [0.1, 0.15) is 18.1 Å². The number of nitrogens with zero attached hydrogens (tertiary/aromatic N) is 2. The lowest BCUT2D eigenvalue weighted by Gasteiger charge is -2.19. The molecule has 3 aromatic carbocycles. The standard InChI is InChI=1S/C25H21BrN2O3/c1-3-31-19-14-12-18(13-15-19)28-24(20-9-5-6-10-21(20)26)27-22(25(28)29)16-17-8-4-7-11-23(17)30-2/h4-16H,3H2,1-2H3/b22-16+. The molecule has 0 atom stereocenters. The fourth-order valence-electron chi connectivity index (χ4n) is 3.37. The molecule has 0 saturated heterocycles. The van der Waals surface area contributed by atoms with E-state index in [1.165, 1.54) is 0 Å². The van der Waals surface area contributed by atoms with Gasteiger partial charge < -0.3 is 9.47 Å². The molecule has 3 aromatic rings. The van der Waals surface area contributed by atoms with Crippen molar-refractivity contribution in [3.05, 3.63) is 94.1 Å². The van der Waals surface area contributed by atoms with Crippen LogP contribution in [0.25, 0.3) is 6.08 Å². The summed E-state index contributed by atoms with van der Waals surface area (Å²) in [6.45, 7) is 2.52. The van der Waals surface area contributed by atoms with Crippen molar-refractivity contribution in [1.82, 2.24) is 0 Å². The number of carbonyl (C=O) groups is 1. The first-order valence-electron chi connectivity index (χ1n) is 9.88. The van der Waals surface area contributed by atoms with Crippen LogP contribution in [0.15, 0.2) is 88.0 Å². The molecule has 0 spiro atoms. The van der Waals surface area contributed by atoms with E-state index in [4.69, 9.17) is 14.5 Å². The molecule has 156 valence electrons. The van der Waals surface area contributed by atoms with Gasteiger partial charge >= 0.3 is 0 Å². The van der Waals surface area contributed by atoms with E-state index in [0.717, 1.165) is 21.3 Å². The number of benzene rings is 3. The van der Waals surface area contributed by atoms with Gasteiger partial charge in [0.05, 0.1) is 19.4 Å². The molecule has 1 aliphatic heterocycles. The molecule has 0 unspecified atom stereocenters. The summed E-state index contributed by atoms with van der Waals surface area (Å²) < 4.78 is 11.8. The third kappa shape index (κ3) is 4.25. The van der Waals surface area contributed by atoms with E-state index in [9.17, 15) is 4.79 Å². The molecule has 0 saturated carbocycles. The van der Waals surface area contributed by atoms with Crippen LogP contribution in [0.4, 0.5) is 5.69 Å². The average molecular weight is 477 g/mol. The van der Waals surface area contributed by atoms with Crippen LogP contribution in [0, 0.1) is 0 Å². The number of anilines is 1. The maximum atomic E-state index is 13.5. The molecular formula is C25H21BrN2O3. The molecule has 31 heavy (non-hydrogen) atoms. The molecule has 4 rings (SSSR count). The first-order chi connectivity index (χ1) is 15.1. The quantitative estimate of drug-likeness (QED) is 0.429. The van der Waals surface area contributed by atoms with Gasteiger partial charge in [0.25, 0.3) is 5.91 Å². The largest absolute Gasteiger partial charge is 0.496 e. The van der Waals surface area contributed by atoms with Crippen molar-refractivity contribution in [2.45, 2.75) is 6.92 Å². The number of rotatable bonds is 6. The van der Waals surface area contributed by atoms with E-state index >= 15 is 0 Å². The number of amidine groups is 1. The zero-order valence-corrected chi connectivity index (χ0v) is 18.8. The minimum Gasteiger partial charge on any atom is -0.496 e. The van der Waals surface area contributed by atoms with Gasteiger partial charge in [0, 0.05) is 15.6 Å². The van der Waals surface area contributed by atoms with E-state index in [1.807, 2.05) is 79.7 Å². The number of hydrogen-bond acceptors (Lipinski definition) is 4. The van der Waals surface area contributed by atoms with Gasteiger partial charge in [0.2, 0.25) is 0 Å². The van der Waals surface area contributed by atoms with Crippen LogP contribution in [0.2, 0.25) is 0 Å². The molecule has 5 nitrogen and oxygen atoms in total.